The summed E-state index contributed by atoms with van der Waals surface area (Å²) in [6, 6.07) is 6.68. The second-order valence-corrected chi connectivity index (χ2v) is 5.05. The van der Waals surface area contributed by atoms with Gasteiger partial charge in [0.1, 0.15) is 5.75 Å². The van der Waals surface area contributed by atoms with Gasteiger partial charge in [-0.15, -0.1) is 0 Å². The quantitative estimate of drug-likeness (QED) is 0.864. The maximum Gasteiger partial charge on any atom is 0.227 e. The van der Waals surface area contributed by atoms with Crippen LogP contribution in [0.25, 0.3) is 11.4 Å². The number of hydrogen-bond donors (Lipinski definition) is 2. The Labute approximate surface area is 106 Å². The normalized spacial score (nSPS) is 11.7. The van der Waals surface area contributed by atoms with Crippen LogP contribution in [0.4, 0.5) is 0 Å². The molecule has 3 N–H and O–H groups in total. The molecule has 0 bridgehead atoms. The van der Waals surface area contributed by atoms with Crippen molar-refractivity contribution in [3.63, 3.8) is 0 Å². The first-order chi connectivity index (χ1) is 8.44. The molecule has 0 spiro atoms. The van der Waals surface area contributed by atoms with E-state index in [1.165, 1.54) is 0 Å². The molecule has 0 aliphatic heterocycles. The Morgan fingerprint density at radius 1 is 1.28 bits per heavy atom. The van der Waals surface area contributed by atoms with Gasteiger partial charge in [0.05, 0.1) is 0 Å². The number of aryl methyl sites for hydroxylation is 1. The van der Waals surface area contributed by atoms with Gasteiger partial charge in [0.2, 0.25) is 11.7 Å². The second-order valence-electron chi connectivity index (χ2n) is 5.05. The minimum atomic E-state index is -0.243. The summed E-state index contributed by atoms with van der Waals surface area (Å²) in [5.41, 5.74) is 6.47. The van der Waals surface area contributed by atoms with Crippen molar-refractivity contribution in [2.45, 2.75) is 32.2 Å². The lowest BCUT2D eigenvalue weighted by atomic mass is 10.0. The number of aromatic hydroxyl groups is 1. The Hall–Kier alpha value is -1.88. The summed E-state index contributed by atoms with van der Waals surface area (Å²) >= 11 is 0. The zero-order valence-electron chi connectivity index (χ0n) is 10.6. The van der Waals surface area contributed by atoms with Crippen LogP contribution < -0.4 is 5.73 Å². The first-order valence-corrected chi connectivity index (χ1v) is 5.85. The van der Waals surface area contributed by atoms with Crippen molar-refractivity contribution in [1.29, 1.82) is 0 Å². The van der Waals surface area contributed by atoms with E-state index in [1.807, 2.05) is 13.8 Å². The van der Waals surface area contributed by atoms with Gasteiger partial charge in [-0.05, 0) is 44.5 Å². The van der Waals surface area contributed by atoms with Crippen LogP contribution in [-0.4, -0.2) is 20.8 Å². The van der Waals surface area contributed by atoms with Gasteiger partial charge in [-0.2, -0.15) is 4.98 Å². The van der Waals surface area contributed by atoms with E-state index in [2.05, 4.69) is 10.1 Å². The summed E-state index contributed by atoms with van der Waals surface area (Å²) in [4.78, 5) is 4.30. The minimum absolute atomic E-state index is 0.215. The number of aromatic nitrogens is 2. The zero-order valence-corrected chi connectivity index (χ0v) is 10.6. The van der Waals surface area contributed by atoms with Gasteiger partial charge in [-0.25, -0.2) is 0 Å². The molecule has 0 unspecified atom stereocenters. The number of hydrogen-bond acceptors (Lipinski definition) is 5. The van der Waals surface area contributed by atoms with E-state index in [9.17, 15) is 5.11 Å². The maximum absolute atomic E-state index is 9.20. The molecule has 2 rings (SSSR count). The molecule has 0 atom stereocenters. The number of benzene rings is 1. The van der Waals surface area contributed by atoms with Crippen LogP contribution in [0.3, 0.4) is 0 Å². The van der Waals surface area contributed by atoms with Gasteiger partial charge in [-0.1, -0.05) is 5.16 Å². The van der Waals surface area contributed by atoms with Crippen LogP contribution >= 0.6 is 0 Å². The molecule has 0 saturated heterocycles. The fourth-order valence-corrected chi connectivity index (χ4v) is 1.51. The monoisotopic (exact) mass is 247 g/mol. The summed E-state index contributed by atoms with van der Waals surface area (Å²) in [6.45, 7) is 3.93. The van der Waals surface area contributed by atoms with Gasteiger partial charge in [0.25, 0.3) is 0 Å². The molecule has 0 aliphatic rings. The molecule has 0 aliphatic carbocycles. The predicted octanol–water partition coefficient (Wildman–Crippen LogP) is 2.11. The highest BCUT2D eigenvalue weighted by Gasteiger charge is 2.14. The van der Waals surface area contributed by atoms with E-state index >= 15 is 0 Å². The third-order valence-corrected chi connectivity index (χ3v) is 2.58. The third kappa shape index (κ3) is 3.30. The summed E-state index contributed by atoms with van der Waals surface area (Å²) in [5, 5.41) is 13.1. The molecule has 0 fully saturated rings. The Balaban J connectivity index is 2.08. The topological polar surface area (TPSA) is 85.2 Å². The third-order valence-electron chi connectivity index (χ3n) is 2.58. The lowest BCUT2D eigenvalue weighted by Crippen LogP contribution is -2.32. The molecule has 96 valence electrons. The SMILES string of the molecule is CC(C)(N)CCc1nc(-c2ccc(O)cc2)no1. The molecule has 5 nitrogen and oxygen atoms in total. The fraction of sp³-hybridized carbons (Fsp3) is 0.385. The summed E-state index contributed by atoms with van der Waals surface area (Å²) < 4.78 is 5.17. The molecular weight excluding hydrogens is 230 g/mol. The van der Waals surface area contributed by atoms with Crippen LogP contribution in [0.5, 0.6) is 5.75 Å². The van der Waals surface area contributed by atoms with E-state index in [0.717, 1.165) is 12.0 Å². The van der Waals surface area contributed by atoms with E-state index < -0.39 is 0 Å². The van der Waals surface area contributed by atoms with Crippen molar-refractivity contribution in [3.8, 4) is 17.1 Å². The number of nitrogens with zero attached hydrogens (tertiary/aromatic N) is 2. The highest BCUT2D eigenvalue weighted by Crippen LogP contribution is 2.19. The van der Waals surface area contributed by atoms with Crippen molar-refractivity contribution < 1.29 is 9.63 Å². The van der Waals surface area contributed by atoms with E-state index in [-0.39, 0.29) is 11.3 Å². The molecule has 18 heavy (non-hydrogen) atoms. The molecule has 0 amide bonds. The van der Waals surface area contributed by atoms with Gasteiger partial charge in [0, 0.05) is 17.5 Å². The Bertz CT molecular complexity index is 512. The number of phenols is 1. The van der Waals surface area contributed by atoms with E-state index in [1.54, 1.807) is 24.3 Å². The lowest BCUT2D eigenvalue weighted by molar-refractivity contribution is 0.358. The average Bonchev–Trinajstić information content (AvgIpc) is 2.75. The molecule has 1 aromatic heterocycles. The number of rotatable bonds is 4. The van der Waals surface area contributed by atoms with E-state index in [4.69, 9.17) is 10.3 Å². The molecule has 1 heterocycles. The lowest BCUT2D eigenvalue weighted by Gasteiger charge is -2.16. The summed E-state index contributed by atoms with van der Waals surface area (Å²) in [6.07, 6.45) is 1.44. The van der Waals surface area contributed by atoms with Gasteiger partial charge in [0.15, 0.2) is 0 Å². The van der Waals surface area contributed by atoms with Gasteiger partial charge < -0.3 is 15.4 Å². The Kier molecular flexibility index (Phi) is 3.34. The molecule has 2 aromatic rings. The largest absolute Gasteiger partial charge is 0.508 e. The van der Waals surface area contributed by atoms with Crippen molar-refractivity contribution in [2.24, 2.45) is 5.73 Å². The number of nitrogens with two attached hydrogens (primary N) is 1. The summed E-state index contributed by atoms with van der Waals surface area (Å²) in [7, 11) is 0. The van der Waals surface area contributed by atoms with E-state index in [0.29, 0.717) is 18.1 Å². The maximum atomic E-state index is 9.20. The molecular formula is C13H17N3O2. The highest BCUT2D eigenvalue weighted by atomic mass is 16.5. The fourth-order valence-electron chi connectivity index (χ4n) is 1.51. The Morgan fingerprint density at radius 3 is 2.56 bits per heavy atom. The first-order valence-electron chi connectivity index (χ1n) is 5.85. The molecule has 1 aromatic carbocycles. The molecule has 0 radical (unpaired) electrons. The van der Waals surface area contributed by atoms with Crippen molar-refractivity contribution in [2.75, 3.05) is 0 Å². The molecule has 5 heteroatoms. The van der Waals surface area contributed by atoms with Gasteiger partial charge >= 0.3 is 0 Å². The summed E-state index contributed by atoms with van der Waals surface area (Å²) in [5.74, 6) is 1.32. The predicted molar refractivity (Wildman–Crippen MR) is 68.0 cm³/mol. The molecule has 0 saturated carbocycles. The Morgan fingerprint density at radius 2 is 1.94 bits per heavy atom. The highest BCUT2D eigenvalue weighted by molar-refractivity contribution is 5.55. The standard InChI is InChI=1S/C13H17N3O2/c1-13(2,14)8-7-11-15-12(16-18-11)9-3-5-10(17)6-4-9/h3-6,17H,7-8,14H2,1-2H3. The van der Waals surface area contributed by atoms with Crippen LogP contribution in [-0.2, 0) is 6.42 Å². The van der Waals surface area contributed by atoms with Crippen LogP contribution in [0.1, 0.15) is 26.2 Å². The van der Waals surface area contributed by atoms with Crippen LogP contribution in [0.15, 0.2) is 28.8 Å². The first kappa shape index (κ1) is 12.6. The van der Waals surface area contributed by atoms with Crippen molar-refractivity contribution in [1.82, 2.24) is 10.1 Å². The van der Waals surface area contributed by atoms with Crippen LogP contribution in [0, 0.1) is 0 Å². The van der Waals surface area contributed by atoms with Crippen molar-refractivity contribution in [3.05, 3.63) is 30.2 Å². The van der Waals surface area contributed by atoms with Crippen LogP contribution in [0.2, 0.25) is 0 Å². The van der Waals surface area contributed by atoms with Gasteiger partial charge in [-0.3, -0.25) is 0 Å². The second kappa shape index (κ2) is 4.78. The van der Waals surface area contributed by atoms with Crippen molar-refractivity contribution >= 4 is 0 Å². The minimum Gasteiger partial charge on any atom is -0.508 e. The smallest absolute Gasteiger partial charge is 0.227 e. The average molecular weight is 247 g/mol. The zero-order chi connectivity index (χ0) is 13.2. The number of phenolic OH excluding ortho intramolecular Hbond substituents is 1.